The van der Waals surface area contributed by atoms with Gasteiger partial charge in [0.1, 0.15) is 11.4 Å². The maximum atomic E-state index is 5.67. The molecule has 0 amide bonds. The van der Waals surface area contributed by atoms with E-state index in [9.17, 15) is 0 Å². The molecule has 4 nitrogen and oxygen atoms in total. The summed E-state index contributed by atoms with van der Waals surface area (Å²) < 4.78 is 6.70. The Hall–Kier alpha value is -0.430. The molecule has 1 aromatic heterocycles. The Morgan fingerprint density at radius 1 is 1.44 bits per heavy atom. The van der Waals surface area contributed by atoms with E-state index >= 15 is 0 Å². The van der Waals surface area contributed by atoms with E-state index in [1.165, 1.54) is 12.8 Å². The lowest BCUT2D eigenvalue weighted by atomic mass is 10.0. The van der Waals surface area contributed by atoms with E-state index < -0.39 is 0 Å². The van der Waals surface area contributed by atoms with Crippen LogP contribution in [0.3, 0.4) is 0 Å². The van der Waals surface area contributed by atoms with Crippen molar-refractivity contribution in [2.24, 2.45) is 0 Å². The van der Waals surface area contributed by atoms with Gasteiger partial charge in [-0.25, -0.2) is 9.97 Å². The van der Waals surface area contributed by atoms with Gasteiger partial charge in [0.25, 0.3) is 0 Å². The van der Waals surface area contributed by atoms with E-state index in [1.54, 1.807) is 7.11 Å². The second kappa shape index (κ2) is 4.83. The number of rotatable bonds is 3. The Balaban J connectivity index is 2.38. The second-order valence-corrected chi connectivity index (χ2v) is 5.21. The molecule has 1 aromatic rings. The van der Waals surface area contributed by atoms with Gasteiger partial charge in [0.2, 0.25) is 0 Å². The first-order chi connectivity index (χ1) is 7.72. The quantitative estimate of drug-likeness (QED) is 0.864. The molecule has 0 saturated heterocycles. The molecule has 0 aliphatic heterocycles. The normalized spacial score (nSPS) is 18.7. The van der Waals surface area contributed by atoms with Gasteiger partial charge in [0.05, 0.1) is 3.57 Å². The lowest BCUT2D eigenvalue weighted by molar-refractivity contribution is -0.0162. The summed E-state index contributed by atoms with van der Waals surface area (Å²) in [6.45, 7) is 0. The van der Waals surface area contributed by atoms with Gasteiger partial charge >= 0.3 is 0 Å². The molecule has 1 fully saturated rings. The van der Waals surface area contributed by atoms with Crippen LogP contribution >= 0.6 is 22.6 Å². The van der Waals surface area contributed by atoms with Crippen molar-refractivity contribution in [2.75, 3.05) is 19.5 Å². The van der Waals surface area contributed by atoms with Crippen molar-refractivity contribution in [3.05, 3.63) is 15.6 Å². The lowest BCUT2D eigenvalue weighted by Crippen LogP contribution is -2.27. The van der Waals surface area contributed by atoms with Gasteiger partial charge in [-0.2, -0.15) is 0 Å². The zero-order valence-electron chi connectivity index (χ0n) is 9.59. The number of hydrogen-bond acceptors (Lipinski definition) is 4. The van der Waals surface area contributed by atoms with Gasteiger partial charge in [-0.3, -0.25) is 0 Å². The first-order valence-electron chi connectivity index (χ1n) is 5.48. The molecule has 0 spiro atoms. The van der Waals surface area contributed by atoms with Crippen molar-refractivity contribution in [1.29, 1.82) is 0 Å². The third kappa shape index (κ3) is 2.02. The number of ether oxygens (including phenoxy) is 1. The monoisotopic (exact) mass is 333 g/mol. The van der Waals surface area contributed by atoms with Gasteiger partial charge in [0, 0.05) is 20.4 Å². The predicted octanol–water partition coefficient (Wildman–Crippen LogP) is 2.54. The molecule has 0 aromatic carbocycles. The number of nitrogens with zero attached hydrogens (tertiary/aromatic N) is 2. The lowest BCUT2D eigenvalue weighted by Gasteiger charge is -2.25. The number of anilines is 1. The van der Waals surface area contributed by atoms with Crippen molar-refractivity contribution < 1.29 is 4.74 Å². The maximum Gasteiger partial charge on any atom is 0.162 e. The average Bonchev–Trinajstić information content (AvgIpc) is 2.79. The molecule has 1 aliphatic rings. The molecule has 0 atom stereocenters. The van der Waals surface area contributed by atoms with E-state index in [0.717, 1.165) is 28.1 Å². The van der Waals surface area contributed by atoms with Crippen molar-refractivity contribution >= 4 is 28.4 Å². The van der Waals surface area contributed by atoms with Crippen LogP contribution in [0, 0.1) is 3.57 Å². The Labute approximate surface area is 109 Å². The van der Waals surface area contributed by atoms with E-state index in [0.29, 0.717) is 0 Å². The number of methoxy groups -OCH3 is 1. The summed E-state index contributed by atoms with van der Waals surface area (Å²) in [6, 6.07) is 0. The second-order valence-electron chi connectivity index (χ2n) is 4.05. The highest BCUT2D eigenvalue weighted by Crippen LogP contribution is 2.40. The Morgan fingerprint density at radius 3 is 2.69 bits per heavy atom. The third-order valence-electron chi connectivity index (χ3n) is 3.19. The molecule has 0 unspecified atom stereocenters. The van der Waals surface area contributed by atoms with Gasteiger partial charge in [-0.15, -0.1) is 0 Å². The summed E-state index contributed by atoms with van der Waals surface area (Å²) in [5.74, 6) is 1.70. The van der Waals surface area contributed by atoms with Crippen LogP contribution in [0.5, 0.6) is 0 Å². The van der Waals surface area contributed by atoms with Crippen LogP contribution in [0.25, 0.3) is 0 Å². The van der Waals surface area contributed by atoms with Crippen LogP contribution in [-0.4, -0.2) is 24.1 Å². The molecule has 1 saturated carbocycles. The van der Waals surface area contributed by atoms with Crippen LogP contribution in [0.4, 0.5) is 5.82 Å². The van der Waals surface area contributed by atoms with Crippen molar-refractivity contribution in [2.45, 2.75) is 31.3 Å². The molecule has 1 N–H and O–H groups in total. The largest absolute Gasteiger partial charge is 0.372 e. The number of halogens is 1. The van der Waals surface area contributed by atoms with Crippen LogP contribution in [-0.2, 0) is 10.3 Å². The summed E-state index contributed by atoms with van der Waals surface area (Å²) in [6.07, 6.45) is 6.28. The first kappa shape index (κ1) is 12.0. The van der Waals surface area contributed by atoms with Gasteiger partial charge in [-0.05, 0) is 48.3 Å². The van der Waals surface area contributed by atoms with E-state index in [4.69, 9.17) is 4.74 Å². The molecular formula is C11H16IN3O. The van der Waals surface area contributed by atoms with Crippen molar-refractivity contribution in [3.63, 3.8) is 0 Å². The van der Waals surface area contributed by atoms with E-state index in [-0.39, 0.29) is 5.60 Å². The van der Waals surface area contributed by atoms with Gasteiger partial charge < -0.3 is 10.1 Å². The summed E-state index contributed by atoms with van der Waals surface area (Å²) >= 11 is 2.23. The standard InChI is InChI=1S/C11H16IN3O/c1-13-9-8(12)7-14-10(15-9)11(16-2)5-3-4-6-11/h7H,3-6H2,1-2H3,(H,13,14,15). The van der Waals surface area contributed by atoms with Crippen LogP contribution < -0.4 is 5.32 Å². The van der Waals surface area contributed by atoms with E-state index in [1.807, 2.05) is 13.2 Å². The fourth-order valence-electron chi connectivity index (χ4n) is 2.23. The minimum absolute atomic E-state index is 0.254. The zero-order chi connectivity index (χ0) is 11.6. The third-order valence-corrected chi connectivity index (χ3v) is 3.98. The van der Waals surface area contributed by atoms with Crippen molar-refractivity contribution in [3.8, 4) is 0 Å². The number of nitrogens with one attached hydrogen (secondary N) is 1. The van der Waals surface area contributed by atoms with E-state index in [2.05, 4.69) is 37.9 Å². The maximum absolute atomic E-state index is 5.67. The molecule has 1 aliphatic carbocycles. The molecule has 5 heteroatoms. The highest BCUT2D eigenvalue weighted by molar-refractivity contribution is 14.1. The smallest absolute Gasteiger partial charge is 0.162 e. The molecule has 88 valence electrons. The predicted molar refractivity (Wildman–Crippen MR) is 71.5 cm³/mol. The Bertz CT molecular complexity index is 377. The summed E-state index contributed by atoms with van der Waals surface area (Å²) in [5, 5.41) is 3.09. The molecule has 1 heterocycles. The van der Waals surface area contributed by atoms with Gasteiger partial charge in [0.15, 0.2) is 5.82 Å². The summed E-state index contributed by atoms with van der Waals surface area (Å²) in [4.78, 5) is 8.99. The SMILES string of the molecule is CNc1nc(C2(OC)CCCC2)ncc1I. The summed E-state index contributed by atoms with van der Waals surface area (Å²) in [5.41, 5.74) is -0.254. The molecule has 0 radical (unpaired) electrons. The highest BCUT2D eigenvalue weighted by Gasteiger charge is 2.38. The summed E-state index contributed by atoms with van der Waals surface area (Å²) in [7, 11) is 3.63. The fraction of sp³-hybridized carbons (Fsp3) is 0.636. The number of aromatic nitrogens is 2. The fourth-order valence-corrected chi connectivity index (χ4v) is 2.76. The zero-order valence-corrected chi connectivity index (χ0v) is 11.7. The van der Waals surface area contributed by atoms with Crippen LogP contribution in [0.2, 0.25) is 0 Å². The number of hydrogen-bond donors (Lipinski definition) is 1. The minimum atomic E-state index is -0.254. The van der Waals surface area contributed by atoms with Crippen molar-refractivity contribution in [1.82, 2.24) is 9.97 Å². The molecule has 0 bridgehead atoms. The Kier molecular flexibility index (Phi) is 3.63. The molecular weight excluding hydrogens is 317 g/mol. The highest BCUT2D eigenvalue weighted by atomic mass is 127. The first-order valence-corrected chi connectivity index (χ1v) is 6.55. The minimum Gasteiger partial charge on any atom is -0.372 e. The topological polar surface area (TPSA) is 47.0 Å². The van der Waals surface area contributed by atoms with Crippen LogP contribution in [0.1, 0.15) is 31.5 Å². The van der Waals surface area contributed by atoms with Crippen LogP contribution in [0.15, 0.2) is 6.20 Å². The van der Waals surface area contributed by atoms with Gasteiger partial charge in [-0.1, -0.05) is 0 Å². The Morgan fingerprint density at radius 2 is 2.12 bits per heavy atom. The average molecular weight is 333 g/mol. The molecule has 16 heavy (non-hydrogen) atoms. The molecule has 2 rings (SSSR count).